The predicted octanol–water partition coefficient (Wildman–Crippen LogP) is 4.85. The second-order valence-corrected chi connectivity index (χ2v) is 5.45. The maximum absolute atomic E-state index is 6.12. The van der Waals surface area contributed by atoms with Gasteiger partial charge in [-0.05, 0) is 49.9 Å². The Labute approximate surface area is 129 Å². The van der Waals surface area contributed by atoms with Crippen molar-refractivity contribution in [2.75, 3.05) is 7.05 Å². The van der Waals surface area contributed by atoms with E-state index < -0.39 is 0 Å². The largest absolute Gasteiger partial charge is 0.489 e. The van der Waals surface area contributed by atoms with Gasteiger partial charge in [-0.15, -0.1) is 0 Å². The van der Waals surface area contributed by atoms with E-state index in [4.69, 9.17) is 27.9 Å². The Balaban J connectivity index is 2.09. The lowest BCUT2D eigenvalue weighted by atomic mass is 10.1. The molecule has 0 radical (unpaired) electrons. The van der Waals surface area contributed by atoms with Crippen molar-refractivity contribution in [1.29, 1.82) is 0 Å². The molecule has 4 heteroatoms. The van der Waals surface area contributed by atoms with Gasteiger partial charge in [0.05, 0.1) is 0 Å². The van der Waals surface area contributed by atoms with Crippen LogP contribution in [0.5, 0.6) is 5.75 Å². The maximum atomic E-state index is 6.12. The number of hydrogen-bond donors (Lipinski definition) is 1. The van der Waals surface area contributed by atoms with Crippen molar-refractivity contribution in [3.63, 3.8) is 0 Å². The Bertz CT molecular complexity index is 586. The van der Waals surface area contributed by atoms with Crippen molar-refractivity contribution in [1.82, 2.24) is 5.32 Å². The van der Waals surface area contributed by atoms with E-state index in [1.165, 1.54) is 5.56 Å². The molecular weight excluding hydrogens is 293 g/mol. The van der Waals surface area contributed by atoms with Gasteiger partial charge in [0, 0.05) is 21.7 Å². The molecule has 0 heterocycles. The highest BCUT2D eigenvalue weighted by molar-refractivity contribution is 6.33. The van der Waals surface area contributed by atoms with Crippen molar-refractivity contribution in [3.05, 3.63) is 63.6 Å². The van der Waals surface area contributed by atoms with Crippen LogP contribution < -0.4 is 10.1 Å². The van der Waals surface area contributed by atoms with Crippen LogP contribution >= 0.6 is 23.2 Å². The van der Waals surface area contributed by atoms with Crippen LogP contribution in [0.25, 0.3) is 0 Å². The summed E-state index contributed by atoms with van der Waals surface area (Å²) in [5.41, 5.74) is 2.06. The summed E-state index contributed by atoms with van der Waals surface area (Å²) in [6.07, 6.45) is 0. The van der Waals surface area contributed by atoms with E-state index in [9.17, 15) is 0 Å². The van der Waals surface area contributed by atoms with Crippen molar-refractivity contribution < 1.29 is 4.74 Å². The number of halogens is 2. The Morgan fingerprint density at radius 1 is 1.15 bits per heavy atom. The van der Waals surface area contributed by atoms with Crippen LogP contribution in [0, 0.1) is 0 Å². The van der Waals surface area contributed by atoms with Crippen molar-refractivity contribution in [2.24, 2.45) is 0 Å². The van der Waals surface area contributed by atoms with Crippen molar-refractivity contribution in [2.45, 2.75) is 19.6 Å². The third kappa shape index (κ3) is 3.89. The molecule has 2 aromatic rings. The zero-order valence-electron chi connectivity index (χ0n) is 11.5. The molecule has 0 amide bonds. The fourth-order valence-corrected chi connectivity index (χ4v) is 2.22. The Kier molecular flexibility index (Phi) is 5.30. The van der Waals surface area contributed by atoms with Crippen LogP contribution in [-0.4, -0.2) is 7.05 Å². The fourth-order valence-electron chi connectivity index (χ4n) is 1.86. The second-order valence-electron chi connectivity index (χ2n) is 4.61. The summed E-state index contributed by atoms with van der Waals surface area (Å²) in [5, 5.41) is 4.52. The summed E-state index contributed by atoms with van der Waals surface area (Å²) in [6, 6.07) is 13.7. The standard InChI is InChI=1S/C16H17Cl2NO/c1-11(19-2)12-4-3-5-15(9-12)20-10-13-8-14(17)6-7-16(13)18/h3-9,11,19H,10H2,1-2H3. The van der Waals surface area contributed by atoms with Gasteiger partial charge < -0.3 is 10.1 Å². The predicted molar refractivity (Wildman–Crippen MR) is 84.7 cm³/mol. The van der Waals surface area contributed by atoms with Crippen LogP contribution in [0.4, 0.5) is 0 Å². The first kappa shape index (κ1) is 15.2. The molecule has 1 unspecified atom stereocenters. The molecule has 2 aromatic carbocycles. The molecule has 0 fully saturated rings. The Morgan fingerprint density at radius 2 is 1.95 bits per heavy atom. The first-order valence-corrected chi connectivity index (χ1v) is 7.19. The molecule has 2 rings (SSSR count). The normalized spacial score (nSPS) is 12.2. The molecule has 0 bridgehead atoms. The second kappa shape index (κ2) is 6.98. The molecule has 20 heavy (non-hydrogen) atoms. The lowest BCUT2D eigenvalue weighted by Crippen LogP contribution is -2.12. The minimum Gasteiger partial charge on any atom is -0.489 e. The van der Waals surface area contributed by atoms with E-state index in [2.05, 4.69) is 18.3 Å². The van der Waals surface area contributed by atoms with Crippen molar-refractivity contribution in [3.8, 4) is 5.75 Å². The zero-order valence-corrected chi connectivity index (χ0v) is 13.0. The molecule has 0 aliphatic heterocycles. The molecule has 0 aliphatic carbocycles. The Hall–Kier alpha value is -1.22. The molecule has 0 aromatic heterocycles. The highest BCUT2D eigenvalue weighted by Gasteiger charge is 2.06. The summed E-state index contributed by atoms with van der Waals surface area (Å²) in [5.74, 6) is 0.820. The summed E-state index contributed by atoms with van der Waals surface area (Å²) in [4.78, 5) is 0. The molecule has 0 spiro atoms. The lowest BCUT2D eigenvalue weighted by Gasteiger charge is -2.13. The van der Waals surface area contributed by atoms with Gasteiger partial charge in [0.15, 0.2) is 0 Å². The smallest absolute Gasteiger partial charge is 0.120 e. The van der Waals surface area contributed by atoms with E-state index in [0.29, 0.717) is 16.7 Å². The van der Waals surface area contributed by atoms with Crippen LogP contribution in [0.2, 0.25) is 10.0 Å². The lowest BCUT2D eigenvalue weighted by molar-refractivity contribution is 0.305. The van der Waals surface area contributed by atoms with E-state index in [0.717, 1.165) is 11.3 Å². The Morgan fingerprint density at radius 3 is 2.70 bits per heavy atom. The van der Waals surface area contributed by atoms with Gasteiger partial charge in [-0.1, -0.05) is 35.3 Å². The monoisotopic (exact) mass is 309 g/mol. The number of benzene rings is 2. The average Bonchev–Trinajstić information content (AvgIpc) is 2.47. The van der Waals surface area contributed by atoms with Crippen LogP contribution in [0.15, 0.2) is 42.5 Å². The highest BCUT2D eigenvalue weighted by Crippen LogP contribution is 2.24. The topological polar surface area (TPSA) is 21.3 Å². The van der Waals surface area contributed by atoms with Crippen molar-refractivity contribution >= 4 is 23.2 Å². The molecule has 1 atom stereocenters. The van der Waals surface area contributed by atoms with Crippen LogP contribution in [0.3, 0.4) is 0 Å². The molecule has 0 saturated carbocycles. The van der Waals surface area contributed by atoms with Gasteiger partial charge in [0.2, 0.25) is 0 Å². The van der Waals surface area contributed by atoms with Crippen LogP contribution in [0.1, 0.15) is 24.1 Å². The first-order valence-electron chi connectivity index (χ1n) is 6.44. The third-order valence-electron chi connectivity index (χ3n) is 3.19. The zero-order chi connectivity index (χ0) is 14.5. The van der Waals surface area contributed by atoms with E-state index in [1.807, 2.05) is 31.3 Å². The number of ether oxygens (including phenoxy) is 1. The van der Waals surface area contributed by atoms with E-state index in [1.54, 1.807) is 12.1 Å². The average molecular weight is 310 g/mol. The van der Waals surface area contributed by atoms with Gasteiger partial charge >= 0.3 is 0 Å². The molecular formula is C16H17Cl2NO. The van der Waals surface area contributed by atoms with Crippen LogP contribution in [-0.2, 0) is 6.61 Å². The van der Waals surface area contributed by atoms with Gasteiger partial charge in [-0.2, -0.15) is 0 Å². The minimum atomic E-state index is 0.285. The summed E-state index contributed by atoms with van der Waals surface area (Å²) in [6.45, 7) is 2.50. The fraction of sp³-hybridized carbons (Fsp3) is 0.250. The first-order chi connectivity index (χ1) is 9.60. The summed E-state index contributed by atoms with van der Waals surface area (Å²) in [7, 11) is 1.93. The summed E-state index contributed by atoms with van der Waals surface area (Å²) < 4.78 is 5.79. The van der Waals surface area contributed by atoms with Gasteiger partial charge in [0.25, 0.3) is 0 Å². The van der Waals surface area contributed by atoms with Gasteiger partial charge in [0.1, 0.15) is 12.4 Å². The SMILES string of the molecule is CNC(C)c1cccc(OCc2cc(Cl)ccc2Cl)c1. The van der Waals surface area contributed by atoms with E-state index in [-0.39, 0.29) is 6.04 Å². The quantitative estimate of drug-likeness (QED) is 0.852. The maximum Gasteiger partial charge on any atom is 0.120 e. The molecule has 0 aliphatic rings. The highest BCUT2D eigenvalue weighted by atomic mass is 35.5. The molecule has 2 nitrogen and oxygen atoms in total. The number of nitrogens with one attached hydrogen (secondary N) is 1. The number of hydrogen-bond acceptors (Lipinski definition) is 2. The minimum absolute atomic E-state index is 0.285. The molecule has 0 saturated heterocycles. The third-order valence-corrected chi connectivity index (χ3v) is 3.80. The van der Waals surface area contributed by atoms with Gasteiger partial charge in [-0.3, -0.25) is 0 Å². The summed E-state index contributed by atoms with van der Waals surface area (Å²) >= 11 is 12.1. The molecule has 106 valence electrons. The van der Waals surface area contributed by atoms with E-state index >= 15 is 0 Å². The van der Waals surface area contributed by atoms with Gasteiger partial charge in [-0.25, -0.2) is 0 Å². The number of rotatable bonds is 5. The molecule has 1 N–H and O–H groups in total.